The third-order valence-corrected chi connectivity index (χ3v) is 5.03. The first-order valence-electron chi connectivity index (χ1n) is 9.43. The first-order valence-corrected chi connectivity index (χ1v) is 9.43. The van der Waals surface area contributed by atoms with Crippen LogP contribution in [-0.2, 0) is 11.2 Å². The number of nitrogens with zero attached hydrogens (tertiary/aromatic N) is 1. The topological polar surface area (TPSA) is 38.8 Å². The molecule has 1 atom stereocenters. The fraction of sp³-hybridized carbons (Fsp3) is 0.409. The summed E-state index contributed by atoms with van der Waals surface area (Å²) in [5.74, 6) is 1.63. The second-order valence-corrected chi connectivity index (χ2v) is 6.98. The number of piperidine rings is 1. The summed E-state index contributed by atoms with van der Waals surface area (Å²) in [6.07, 6.45) is 4.06. The number of halogens is 1. The van der Waals surface area contributed by atoms with Crippen molar-refractivity contribution >= 4 is 5.91 Å². The highest BCUT2D eigenvalue weighted by Crippen LogP contribution is 2.23. The first-order chi connectivity index (χ1) is 13.1. The molecule has 3 rings (SSSR count). The van der Waals surface area contributed by atoms with Gasteiger partial charge in [0.15, 0.2) is 6.61 Å². The van der Waals surface area contributed by atoms with Crippen molar-refractivity contribution in [3.63, 3.8) is 0 Å². The minimum absolute atomic E-state index is 0.0179. The van der Waals surface area contributed by atoms with Crippen LogP contribution >= 0.6 is 0 Å². The number of aryl methyl sites for hydroxylation is 1. The average molecular weight is 371 g/mol. The van der Waals surface area contributed by atoms with Gasteiger partial charge < -0.3 is 14.4 Å². The molecule has 27 heavy (non-hydrogen) atoms. The molecule has 4 nitrogen and oxygen atoms in total. The van der Waals surface area contributed by atoms with Gasteiger partial charge in [0.05, 0.1) is 7.11 Å². The number of hydrogen-bond acceptors (Lipinski definition) is 3. The van der Waals surface area contributed by atoms with Gasteiger partial charge in [0, 0.05) is 19.2 Å². The predicted molar refractivity (Wildman–Crippen MR) is 103 cm³/mol. The van der Waals surface area contributed by atoms with Crippen LogP contribution in [0.3, 0.4) is 0 Å². The molecule has 0 N–H and O–H groups in total. The summed E-state index contributed by atoms with van der Waals surface area (Å²) in [6.45, 7) is 1.59. The Bertz CT molecular complexity index is 747. The van der Waals surface area contributed by atoms with Gasteiger partial charge in [-0.25, -0.2) is 4.39 Å². The van der Waals surface area contributed by atoms with Gasteiger partial charge in [-0.15, -0.1) is 0 Å². The van der Waals surface area contributed by atoms with E-state index >= 15 is 0 Å². The van der Waals surface area contributed by atoms with Crippen molar-refractivity contribution in [3.05, 3.63) is 59.9 Å². The number of hydrogen-bond donors (Lipinski definition) is 0. The highest BCUT2D eigenvalue weighted by Gasteiger charge is 2.23. The van der Waals surface area contributed by atoms with Gasteiger partial charge in [0.1, 0.15) is 17.3 Å². The lowest BCUT2D eigenvalue weighted by Gasteiger charge is -2.32. The van der Waals surface area contributed by atoms with E-state index in [2.05, 4.69) is 0 Å². The second kappa shape index (κ2) is 9.40. The normalized spacial score (nSPS) is 16.8. The number of rotatable bonds is 7. The number of carbonyl (C=O) groups is 1. The van der Waals surface area contributed by atoms with Crippen molar-refractivity contribution in [1.29, 1.82) is 0 Å². The van der Waals surface area contributed by atoms with Crippen molar-refractivity contribution in [3.8, 4) is 11.5 Å². The SMILES string of the molecule is COc1cccc(OCC(=O)N2CCCC(CCc3ccc(F)cc3)C2)c1. The number of carbonyl (C=O) groups excluding carboxylic acids is 1. The van der Waals surface area contributed by atoms with E-state index < -0.39 is 0 Å². The Morgan fingerprint density at radius 1 is 1.19 bits per heavy atom. The van der Waals surface area contributed by atoms with E-state index in [0.29, 0.717) is 17.4 Å². The van der Waals surface area contributed by atoms with E-state index in [0.717, 1.165) is 44.3 Å². The Hall–Kier alpha value is -2.56. The molecule has 2 aromatic rings. The van der Waals surface area contributed by atoms with Crippen molar-refractivity contribution < 1.29 is 18.7 Å². The smallest absolute Gasteiger partial charge is 0.260 e. The Labute approximate surface area is 159 Å². The van der Waals surface area contributed by atoms with E-state index in [4.69, 9.17) is 9.47 Å². The Morgan fingerprint density at radius 3 is 2.74 bits per heavy atom. The summed E-state index contributed by atoms with van der Waals surface area (Å²) in [6, 6.07) is 13.9. The maximum Gasteiger partial charge on any atom is 0.260 e. The number of likely N-dealkylation sites (tertiary alicyclic amines) is 1. The van der Waals surface area contributed by atoms with Crippen LogP contribution in [0.4, 0.5) is 4.39 Å². The van der Waals surface area contributed by atoms with Crippen LogP contribution in [0, 0.1) is 11.7 Å². The first kappa shape index (κ1) is 19.2. The molecule has 0 spiro atoms. The van der Waals surface area contributed by atoms with E-state index in [-0.39, 0.29) is 18.3 Å². The molecule has 1 aliphatic heterocycles. The van der Waals surface area contributed by atoms with Crippen LogP contribution in [0.2, 0.25) is 0 Å². The quantitative estimate of drug-likeness (QED) is 0.736. The van der Waals surface area contributed by atoms with Gasteiger partial charge in [-0.05, 0) is 61.4 Å². The number of benzene rings is 2. The molecular weight excluding hydrogens is 345 g/mol. The second-order valence-electron chi connectivity index (χ2n) is 6.98. The summed E-state index contributed by atoms with van der Waals surface area (Å²) in [7, 11) is 1.60. The Balaban J connectivity index is 1.46. The summed E-state index contributed by atoms with van der Waals surface area (Å²) >= 11 is 0. The zero-order valence-corrected chi connectivity index (χ0v) is 15.7. The van der Waals surface area contributed by atoms with Gasteiger partial charge in [0.25, 0.3) is 5.91 Å². The summed E-state index contributed by atoms with van der Waals surface area (Å²) in [5, 5.41) is 0. The molecule has 1 fully saturated rings. The average Bonchev–Trinajstić information content (AvgIpc) is 2.72. The van der Waals surface area contributed by atoms with E-state index in [1.165, 1.54) is 12.1 Å². The van der Waals surface area contributed by atoms with Crippen molar-refractivity contribution in [2.75, 3.05) is 26.8 Å². The monoisotopic (exact) mass is 371 g/mol. The largest absolute Gasteiger partial charge is 0.497 e. The molecule has 1 unspecified atom stereocenters. The fourth-order valence-corrected chi connectivity index (χ4v) is 3.48. The molecule has 0 aliphatic carbocycles. The van der Waals surface area contributed by atoms with Crippen LogP contribution in [0.25, 0.3) is 0 Å². The maximum atomic E-state index is 13.0. The third-order valence-electron chi connectivity index (χ3n) is 5.03. The lowest BCUT2D eigenvalue weighted by molar-refractivity contribution is -0.135. The summed E-state index contributed by atoms with van der Waals surface area (Å²) in [5.41, 5.74) is 1.14. The van der Waals surface area contributed by atoms with Crippen molar-refractivity contribution in [1.82, 2.24) is 4.90 Å². The van der Waals surface area contributed by atoms with Gasteiger partial charge in [-0.3, -0.25) is 4.79 Å². The van der Waals surface area contributed by atoms with E-state index in [9.17, 15) is 9.18 Å². The minimum atomic E-state index is -0.204. The Kier molecular flexibility index (Phi) is 6.69. The Morgan fingerprint density at radius 2 is 1.96 bits per heavy atom. The van der Waals surface area contributed by atoms with Gasteiger partial charge in [0.2, 0.25) is 0 Å². The molecule has 1 heterocycles. The molecule has 0 bridgehead atoms. The number of methoxy groups -OCH3 is 1. The van der Waals surface area contributed by atoms with Gasteiger partial charge >= 0.3 is 0 Å². The third kappa shape index (κ3) is 5.71. The highest BCUT2D eigenvalue weighted by atomic mass is 19.1. The predicted octanol–water partition coefficient (Wildman–Crippen LogP) is 4.08. The standard InChI is InChI=1S/C22H26FNO3/c1-26-20-5-2-6-21(14-20)27-16-22(25)24-13-3-4-18(15-24)8-7-17-9-11-19(23)12-10-17/h2,5-6,9-12,14,18H,3-4,7-8,13,15-16H2,1H3. The van der Waals surface area contributed by atoms with Crippen LogP contribution in [0.1, 0.15) is 24.8 Å². The molecule has 1 amide bonds. The van der Waals surface area contributed by atoms with E-state index in [1.807, 2.05) is 35.2 Å². The molecule has 0 radical (unpaired) electrons. The lowest BCUT2D eigenvalue weighted by Crippen LogP contribution is -2.42. The van der Waals surface area contributed by atoms with Crippen LogP contribution in [0.5, 0.6) is 11.5 Å². The van der Waals surface area contributed by atoms with Crippen molar-refractivity contribution in [2.24, 2.45) is 5.92 Å². The lowest BCUT2D eigenvalue weighted by atomic mass is 9.91. The van der Waals surface area contributed by atoms with Gasteiger partial charge in [-0.2, -0.15) is 0 Å². The fourth-order valence-electron chi connectivity index (χ4n) is 3.48. The summed E-state index contributed by atoms with van der Waals surface area (Å²) < 4.78 is 23.8. The van der Waals surface area contributed by atoms with Crippen LogP contribution < -0.4 is 9.47 Å². The van der Waals surface area contributed by atoms with Crippen molar-refractivity contribution in [2.45, 2.75) is 25.7 Å². The highest BCUT2D eigenvalue weighted by molar-refractivity contribution is 5.77. The van der Waals surface area contributed by atoms with E-state index in [1.54, 1.807) is 13.2 Å². The molecule has 1 aliphatic rings. The molecule has 0 saturated carbocycles. The van der Waals surface area contributed by atoms with Gasteiger partial charge in [-0.1, -0.05) is 18.2 Å². The molecule has 1 saturated heterocycles. The minimum Gasteiger partial charge on any atom is -0.497 e. The zero-order valence-electron chi connectivity index (χ0n) is 15.7. The number of amides is 1. The molecule has 5 heteroatoms. The molecular formula is C22H26FNO3. The molecule has 0 aromatic heterocycles. The maximum absolute atomic E-state index is 13.0. The van der Waals surface area contributed by atoms with Crippen LogP contribution in [-0.4, -0.2) is 37.6 Å². The number of ether oxygens (including phenoxy) is 2. The molecule has 144 valence electrons. The summed E-state index contributed by atoms with van der Waals surface area (Å²) in [4.78, 5) is 14.4. The van der Waals surface area contributed by atoms with Crippen LogP contribution in [0.15, 0.2) is 48.5 Å². The zero-order chi connectivity index (χ0) is 19.1. The molecule has 2 aromatic carbocycles.